The van der Waals surface area contributed by atoms with Crippen LogP contribution in [-0.2, 0) is 9.57 Å². The maximum atomic E-state index is 10.8. The Balaban J connectivity index is 2.92. The molecule has 0 aliphatic rings. The lowest BCUT2D eigenvalue weighted by Crippen LogP contribution is -2.33. The second-order valence-electron chi connectivity index (χ2n) is 2.79. The van der Waals surface area contributed by atoms with Crippen molar-refractivity contribution in [3.63, 3.8) is 0 Å². The summed E-state index contributed by atoms with van der Waals surface area (Å²) in [4.78, 5) is 15.6. The molecule has 1 unspecified atom stereocenters. The minimum atomic E-state index is -1.20. The third-order valence-electron chi connectivity index (χ3n) is 1.91. The normalized spacial score (nSPS) is 12.1. The van der Waals surface area contributed by atoms with Crippen molar-refractivity contribution in [2.45, 2.75) is 6.23 Å². The quantitative estimate of drug-likeness (QED) is 0.610. The van der Waals surface area contributed by atoms with Gasteiger partial charge in [0, 0.05) is 12.7 Å². The van der Waals surface area contributed by atoms with E-state index in [1.165, 1.54) is 14.2 Å². The summed E-state index contributed by atoms with van der Waals surface area (Å²) >= 11 is 0. The fourth-order valence-corrected chi connectivity index (χ4v) is 1.26. The fraction of sp³-hybridized carbons (Fsp3) is 0.300. The van der Waals surface area contributed by atoms with Gasteiger partial charge in [-0.1, -0.05) is 30.3 Å². The van der Waals surface area contributed by atoms with Gasteiger partial charge in [-0.15, -0.1) is 0 Å². The number of nitrogens with zero attached hydrogens (tertiary/aromatic N) is 1. The average molecular weight is 211 g/mol. The highest BCUT2D eigenvalue weighted by molar-refractivity contribution is 5.64. The van der Waals surface area contributed by atoms with Gasteiger partial charge in [0.2, 0.25) is 0 Å². The minimum Gasteiger partial charge on any atom is -0.463 e. The Morgan fingerprint density at radius 1 is 1.33 bits per heavy atom. The van der Waals surface area contributed by atoms with Crippen molar-refractivity contribution >= 4 is 6.09 Å². The third kappa shape index (κ3) is 2.68. The number of hydrogen-bond donors (Lipinski definition) is 1. The van der Waals surface area contributed by atoms with Gasteiger partial charge in [0.15, 0.2) is 6.23 Å². The minimum absolute atomic E-state index is 0.712. The van der Waals surface area contributed by atoms with Crippen LogP contribution in [-0.4, -0.2) is 30.5 Å². The molecule has 0 aliphatic carbocycles. The van der Waals surface area contributed by atoms with Crippen molar-refractivity contribution in [2.24, 2.45) is 0 Å². The molecule has 5 heteroatoms. The highest BCUT2D eigenvalue weighted by Crippen LogP contribution is 2.20. The molecule has 0 heterocycles. The first kappa shape index (κ1) is 11.5. The molecular formula is C10H13NO4. The van der Waals surface area contributed by atoms with Gasteiger partial charge in [0.25, 0.3) is 0 Å². The highest BCUT2D eigenvalue weighted by atomic mass is 16.7. The molecule has 0 aromatic heterocycles. The molecule has 0 radical (unpaired) electrons. The largest absolute Gasteiger partial charge is 0.463 e. The molecule has 1 aromatic rings. The van der Waals surface area contributed by atoms with Gasteiger partial charge in [0.05, 0.1) is 7.11 Å². The lowest BCUT2D eigenvalue weighted by atomic mass is 10.2. The van der Waals surface area contributed by atoms with E-state index in [1.54, 1.807) is 24.3 Å². The van der Waals surface area contributed by atoms with E-state index in [4.69, 9.17) is 14.7 Å². The molecule has 0 bridgehead atoms. The molecule has 0 spiro atoms. The van der Waals surface area contributed by atoms with E-state index in [2.05, 4.69) is 0 Å². The van der Waals surface area contributed by atoms with Crippen LogP contribution < -0.4 is 0 Å². The van der Waals surface area contributed by atoms with Crippen molar-refractivity contribution in [2.75, 3.05) is 14.2 Å². The van der Waals surface area contributed by atoms with Crippen LogP contribution >= 0.6 is 0 Å². The van der Waals surface area contributed by atoms with E-state index in [0.717, 1.165) is 5.06 Å². The van der Waals surface area contributed by atoms with Crippen LogP contribution in [0.1, 0.15) is 11.8 Å². The number of carbonyl (C=O) groups is 1. The average Bonchev–Trinajstić information content (AvgIpc) is 2.26. The van der Waals surface area contributed by atoms with Gasteiger partial charge >= 0.3 is 6.09 Å². The number of hydroxylamine groups is 2. The third-order valence-corrected chi connectivity index (χ3v) is 1.91. The number of hydrogen-bond acceptors (Lipinski definition) is 3. The van der Waals surface area contributed by atoms with Crippen LogP contribution in [0.3, 0.4) is 0 Å². The van der Waals surface area contributed by atoms with E-state index in [9.17, 15) is 4.79 Å². The van der Waals surface area contributed by atoms with Crippen LogP contribution in [0.25, 0.3) is 0 Å². The summed E-state index contributed by atoms with van der Waals surface area (Å²) in [5.74, 6) is 0. The molecule has 5 nitrogen and oxygen atoms in total. The molecule has 1 rings (SSSR count). The van der Waals surface area contributed by atoms with Crippen molar-refractivity contribution < 1.29 is 19.5 Å². The van der Waals surface area contributed by atoms with E-state index in [-0.39, 0.29) is 0 Å². The Hall–Kier alpha value is -1.59. The van der Waals surface area contributed by atoms with Crippen LogP contribution in [0.15, 0.2) is 30.3 Å². The van der Waals surface area contributed by atoms with Gasteiger partial charge in [-0.05, 0) is 0 Å². The van der Waals surface area contributed by atoms with Crippen LogP contribution in [0.4, 0.5) is 4.79 Å². The predicted molar refractivity (Wildman–Crippen MR) is 53.1 cm³/mol. The molecular weight excluding hydrogens is 198 g/mol. The first-order chi connectivity index (χ1) is 7.20. The zero-order chi connectivity index (χ0) is 11.3. The standard InChI is InChI=1S/C10H13NO4/c1-14-9(11(15-2)10(12)13)8-6-4-3-5-7-8/h3-7,9H,1-2H3,(H,12,13). The van der Waals surface area contributed by atoms with Crippen molar-refractivity contribution in [1.29, 1.82) is 0 Å². The number of carboxylic acid groups (broad SMARTS) is 1. The zero-order valence-corrected chi connectivity index (χ0v) is 8.58. The Kier molecular flexibility index (Phi) is 4.08. The summed E-state index contributed by atoms with van der Waals surface area (Å²) in [7, 11) is 2.70. The van der Waals surface area contributed by atoms with Crippen molar-refractivity contribution in [3.8, 4) is 0 Å². The van der Waals surface area contributed by atoms with Crippen LogP contribution in [0.5, 0.6) is 0 Å². The summed E-state index contributed by atoms with van der Waals surface area (Å²) in [5.41, 5.74) is 0.712. The van der Waals surface area contributed by atoms with Gasteiger partial charge in [0.1, 0.15) is 0 Å². The molecule has 0 fully saturated rings. The number of rotatable bonds is 4. The van der Waals surface area contributed by atoms with E-state index in [0.29, 0.717) is 5.56 Å². The summed E-state index contributed by atoms with van der Waals surface area (Å²) in [5, 5.41) is 9.60. The number of methoxy groups -OCH3 is 1. The van der Waals surface area contributed by atoms with Crippen LogP contribution in [0.2, 0.25) is 0 Å². The molecule has 0 saturated carbocycles. The maximum Gasteiger partial charge on any atom is 0.434 e. The smallest absolute Gasteiger partial charge is 0.434 e. The predicted octanol–water partition coefficient (Wildman–Crippen LogP) is 1.87. The topological polar surface area (TPSA) is 59.0 Å². The molecule has 1 N–H and O–H groups in total. The molecule has 1 amide bonds. The molecule has 1 aromatic carbocycles. The highest BCUT2D eigenvalue weighted by Gasteiger charge is 2.24. The Morgan fingerprint density at radius 3 is 2.33 bits per heavy atom. The Bertz CT molecular complexity index is 314. The van der Waals surface area contributed by atoms with Gasteiger partial charge in [-0.3, -0.25) is 4.84 Å². The Labute approximate surface area is 87.8 Å². The van der Waals surface area contributed by atoms with Gasteiger partial charge < -0.3 is 9.84 Å². The monoisotopic (exact) mass is 211 g/mol. The fourth-order valence-electron chi connectivity index (χ4n) is 1.26. The molecule has 0 saturated heterocycles. The molecule has 82 valence electrons. The molecule has 1 atom stereocenters. The number of amides is 1. The zero-order valence-electron chi connectivity index (χ0n) is 8.58. The summed E-state index contributed by atoms with van der Waals surface area (Å²) in [6, 6.07) is 8.98. The second kappa shape index (κ2) is 5.33. The first-order valence-corrected chi connectivity index (χ1v) is 4.34. The van der Waals surface area contributed by atoms with Gasteiger partial charge in [-0.2, -0.15) is 5.06 Å². The lowest BCUT2D eigenvalue weighted by Gasteiger charge is -2.25. The molecule has 15 heavy (non-hydrogen) atoms. The summed E-state index contributed by atoms with van der Waals surface area (Å²) in [6.45, 7) is 0. The number of ether oxygens (including phenoxy) is 1. The van der Waals surface area contributed by atoms with Gasteiger partial charge in [-0.25, -0.2) is 4.79 Å². The second-order valence-corrected chi connectivity index (χ2v) is 2.79. The summed E-state index contributed by atoms with van der Waals surface area (Å²) < 4.78 is 5.07. The molecule has 0 aliphatic heterocycles. The van der Waals surface area contributed by atoms with Crippen LogP contribution in [0, 0.1) is 0 Å². The Morgan fingerprint density at radius 2 is 1.93 bits per heavy atom. The maximum absolute atomic E-state index is 10.8. The van der Waals surface area contributed by atoms with E-state index in [1.807, 2.05) is 6.07 Å². The first-order valence-electron chi connectivity index (χ1n) is 4.34. The van der Waals surface area contributed by atoms with Crippen molar-refractivity contribution in [3.05, 3.63) is 35.9 Å². The summed E-state index contributed by atoms with van der Waals surface area (Å²) in [6.07, 6.45) is -1.96. The van der Waals surface area contributed by atoms with E-state index < -0.39 is 12.3 Å². The van der Waals surface area contributed by atoms with E-state index >= 15 is 0 Å². The number of benzene rings is 1. The SMILES string of the molecule is COC(c1ccccc1)N(OC)C(=O)O. The van der Waals surface area contributed by atoms with Crippen molar-refractivity contribution in [1.82, 2.24) is 5.06 Å². The lowest BCUT2D eigenvalue weighted by molar-refractivity contribution is -0.203.